The van der Waals surface area contributed by atoms with E-state index in [1.165, 1.54) is 12.1 Å². The molecule has 0 aliphatic carbocycles. The number of carbonyl (C=O) groups is 1. The van der Waals surface area contributed by atoms with E-state index in [-0.39, 0.29) is 17.2 Å². The smallest absolute Gasteiger partial charge is 0.284 e. The number of rotatable bonds is 7. The highest BCUT2D eigenvalue weighted by Gasteiger charge is 2.15. The van der Waals surface area contributed by atoms with E-state index in [1.807, 2.05) is 0 Å². The average Bonchev–Trinajstić information content (AvgIpc) is 2.38. The Balaban J connectivity index is 2.57. The van der Waals surface area contributed by atoms with Crippen LogP contribution in [0, 0.1) is 10.1 Å². The van der Waals surface area contributed by atoms with Gasteiger partial charge in [-0.15, -0.1) is 0 Å². The predicted octanol–water partition coefficient (Wildman–Crippen LogP) is 2.51. The average molecular weight is 331 g/mol. The summed E-state index contributed by atoms with van der Waals surface area (Å²) in [6.45, 7) is 1.17. The molecule has 0 aliphatic heterocycles. The number of nitrogens with one attached hydrogen (secondary N) is 1. The molecule has 0 aromatic heterocycles. The van der Waals surface area contributed by atoms with Crippen LogP contribution in [0.15, 0.2) is 22.7 Å². The van der Waals surface area contributed by atoms with Crippen molar-refractivity contribution in [3.05, 3.63) is 38.3 Å². The van der Waals surface area contributed by atoms with Crippen molar-refractivity contribution >= 4 is 27.5 Å². The summed E-state index contributed by atoms with van der Waals surface area (Å²) in [5.41, 5.74) is 0.161. The molecule has 0 fully saturated rings. The summed E-state index contributed by atoms with van der Waals surface area (Å²) in [6.07, 6.45) is 1.66. The number of nitrogens with zero attached hydrogens (tertiary/aromatic N) is 1. The standard InChI is InChI=1S/C12H15BrN2O4/c1-19-7-3-2-6-14-12(16)9-4-5-10(13)11(8-9)15(17)18/h4-5,8H,2-3,6-7H2,1H3,(H,14,16). The second-order valence-electron chi connectivity index (χ2n) is 3.88. The summed E-state index contributed by atoms with van der Waals surface area (Å²) in [5.74, 6) is -0.312. The van der Waals surface area contributed by atoms with Gasteiger partial charge in [-0.05, 0) is 40.9 Å². The highest BCUT2D eigenvalue weighted by atomic mass is 79.9. The summed E-state index contributed by atoms with van der Waals surface area (Å²) in [6, 6.07) is 4.30. The first kappa shape index (κ1) is 15.6. The molecule has 0 atom stereocenters. The van der Waals surface area contributed by atoms with Crippen molar-refractivity contribution in [1.82, 2.24) is 5.32 Å². The van der Waals surface area contributed by atoms with E-state index < -0.39 is 4.92 Å². The van der Waals surface area contributed by atoms with E-state index in [0.29, 0.717) is 17.6 Å². The van der Waals surface area contributed by atoms with Gasteiger partial charge in [-0.25, -0.2) is 0 Å². The molecular formula is C12H15BrN2O4. The zero-order valence-corrected chi connectivity index (χ0v) is 12.1. The van der Waals surface area contributed by atoms with Crippen LogP contribution in [-0.2, 0) is 4.74 Å². The van der Waals surface area contributed by atoms with Gasteiger partial charge < -0.3 is 10.1 Å². The van der Waals surface area contributed by atoms with Crippen LogP contribution >= 0.6 is 15.9 Å². The van der Waals surface area contributed by atoms with Crippen molar-refractivity contribution in [3.8, 4) is 0 Å². The molecule has 104 valence electrons. The Kier molecular flexibility index (Phi) is 6.44. The Morgan fingerprint density at radius 3 is 2.84 bits per heavy atom. The van der Waals surface area contributed by atoms with Gasteiger partial charge in [-0.2, -0.15) is 0 Å². The van der Waals surface area contributed by atoms with E-state index in [4.69, 9.17) is 4.74 Å². The molecular weight excluding hydrogens is 316 g/mol. The van der Waals surface area contributed by atoms with E-state index in [0.717, 1.165) is 12.8 Å². The molecule has 1 N–H and O–H groups in total. The Hall–Kier alpha value is -1.47. The van der Waals surface area contributed by atoms with Gasteiger partial charge >= 0.3 is 0 Å². The quantitative estimate of drug-likeness (QED) is 0.473. The lowest BCUT2D eigenvalue weighted by molar-refractivity contribution is -0.385. The van der Waals surface area contributed by atoms with Gasteiger partial charge in [0.1, 0.15) is 0 Å². The van der Waals surface area contributed by atoms with Crippen LogP contribution in [0.1, 0.15) is 23.2 Å². The van der Waals surface area contributed by atoms with Gasteiger partial charge in [0.2, 0.25) is 0 Å². The summed E-state index contributed by atoms with van der Waals surface area (Å²) in [5, 5.41) is 13.5. The normalized spacial score (nSPS) is 10.2. The number of unbranched alkanes of at least 4 members (excludes halogenated alkanes) is 1. The summed E-state index contributed by atoms with van der Waals surface area (Å²) < 4.78 is 5.25. The molecule has 0 heterocycles. The van der Waals surface area contributed by atoms with Gasteiger partial charge in [0.25, 0.3) is 11.6 Å². The van der Waals surface area contributed by atoms with Gasteiger partial charge in [-0.1, -0.05) is 0 Å². The second kappa shape index (κ2) is 7.85. The van der Waals surface area contributed by atoms with Crippen LogP contribution in [0.25, 0.3) is 0 Å². The third-order valence-electron chi connectivity index (χ3n) is 2.47. The molecule has 0 bridgehead atoms. The maximum absolute atomic E-state index is 11.8. The number of halogens is 1. The molecule has 1 aromatic rings. The molecule has 0 spiro atoms. The van der Waals surface area contributed by atoms with Gasteiger partial charge in [0, 0.05) is 31.9 Å². The minimum atomic E-state index is -0.528. The van der Waals surface area contributed by atoms with Crippen molar-refractivity contribution in [2.45, 2.75) is 12.8 Å². The Morgan fingerprint density at radius 2 is 2.21 bits per heavy atom. The lowest BCUT2D eigenvalue weighted by Crippen LogP contribution is -2.24. The summed E-state index contributed by atoms with van der Waals surface area (Å²) >= 11 is 3.07. The molecule has 0 saturated heterocycles. The lowest BCUT2D eigenvalue weighted by Gasteiger charge is -2.05. The summed E-state index contributed by atoms with van der Waals surface area (Å²) in [4.78, 5) is 22.0. The third kappa shape index (κ3) is 4.96. The number of amides is 1. The van der Waals surface area contributed by atoms with E-state index in [2.05, 4.69) is 21.2 Å². The monoisotopic (exact) mass is 330 g/mol. The SMILES string of the molecule is COCCCCNC(=O)c1ccc(Br)c([N+](=O)[O-])c1. The van der Waals surface area contributed by atoms with Crippen molar-refractivity contribution in [2.24, 2.45) is 0 Å². The van der Waals surface area contributed by atoms with Gasteiger partial charge in [0.15, 0.2) is 0 Å². The largest absolute Gasteiger partial charge is 0.385 e. The first-order valence-corrected chi connectivity index (χ1v) is 6.56. The van der Waals surface area contributed by atoms with Gasteiger partial charge in [-0.3, -0.25) is 14.9 Å². The molecule has 7 heteroatoms. The van der Waals surface area contributed by atoms with E-state index in [9.17, 15) is 14.9 Å². The van der Waals surface area contributed by atoms with Crippen LogP contribution in [0.5, 0.6) is 0 Å². The fourth-order valence-corrected chi connectivity index (χ4v) is 1.86. The molecule has 1 amide bonds. The van der Waals surface area contributed by atoms with Crippen LogP contribution in [-0.4, -0.2) is 31.1 Å². The number of benzene rings is 1. The van der Waals surface area contributed by atoms with Crippen molar-refractivity contribution < 1.29 is 14.5 Å². The van der Waals surface area contributed by atoms with Crippen molar-refractivity contribution in [3.63, 3.8) is 0 Å². The van der Waals surface area contributed by atoms with Crippen molar-refractivity contribution in [1.29, 1.82) is 0 Å². The molecule has 0 aliphatic rings. The van der Waals surface area contributed by atoms with Crippen LogP contribution < -0.4 is 5.32 Å². The first-order chi connectivity index (χ1) is 9.06. The molecule has 1 rings (SSSR count). The Labute approximate surface area is 119 Å². The topological polar surface area (TPSA) is 81.5 Å². The number of hydrogen-bond donors (Lipinski definition) is 1. The number of carbonyl (C=O) groups excluding carboxylic acids is 1. The molecule has 1 aromatic carbocycles. The number of hydrogen-bond acceptors (Lipinski definition) is 4. The zero-order valence-electron chi connectivity index (χ0n) is 10.5. The zero-order chi connectivity index (χ0) is 14.3. The predicted molar refractivity (Wildman–Crippen MR) is 74.2 cm³/mol. The maximum Gasteiger partial charge on any atom is 0.284 e. The molecule has 0 saturated carbocycles. The summed E-state index contributed by atoms with van der Waals surface area (Å²) in [7, 11) is 1.62. The highest BCUT2D eigenvalue weighted by molar-refractivity contribution is 9.10. The fraction of sp³-hybridized carbons (Fsp3) is 0.417. The van der Waals surface area contributed by atoms with E-state index in [1.54, 1.807) is 13.2 Å². The van der Waals surface area contributed by atoms with E-state index >= 15 is 0 Å². The Morgan fingerprint density at radius 1 is 1.47 bits per heavy atom. The van der Waals surface area contributed by atoms with Crippen LogP contribution in [0.3, 0.4) is 0 Å². The second-order valence-corrected chi connectivity index (χ2v) is 4.73. The number of nitro benzene ring substituents is 1. The molecule has 0 unspecified atom stereocenters. The minimum Gasteiger partial charge on any atom is -0.385 e. The highest BCUT2D eigenvalue weighted by Crippen LogP contribution is 2.25. The number of nitro groups is 1. The maximum atomic E-state index is 11.8. The van der Waals surface area contributed by atoms with Crippen LogP contribution in [0.2, 0.25) is 0 Å². The molecule has 19 heavy (non-hydrogen) atoms. The lowest BCUT2D eigenvalue weighted by atomic mass is 10.2. The Bertz CT molecular complexity index is 465. The molecule has 6 nitrogen and oxygen atoms in total. The molecule has 0 radical (unpaired) electrons. The van der Waals surface area contributed by atoms with Gasteiger partial charge in [0.05, 0.1) is 9.40 Å². The number of methoxy groups -OCH3 is 1. The minimum absolute atomic E-state index is 0.118. The fourth-order valence-electron chi connectivity index (χ4n) is 1.47. The van der Waals surface area contributed by atoms with Crippen molar-refractivity contribution in [2.75, 3.05) is 20.3 Å². The third-order valence-corrected chi connectivity index (χ3v) is 3.14. The number of ether oxygens (including phenoxy) is 1. The first-order valence-electron chi connectivity index (χ1n) is 5.77. The van der Waals surface area contributed by atoms with Crippen LogP contribution in [0.4, 0.5) is 5.69 Å².